The first kappa shape index (κ1) is 15.1. The molecule has 0 saturated heterocycles. The third-order valence-corrected chi connectivity index (χ3v) is 3.82. The molecule has 0 aromatic heterocycles. The molecule has 1 aliphatic carbocycles. The van der Waals surface area contributed by atoms with E-state index in [0.717, 1.165) is 18.4 Å². The van der Waals surface area contributed by atoms with Crippen molar-refractivity contribution in [3.63, 3.8) is 0 Å². The van der Waals surface area contributed by atoms with Gasteiger partial charge in [0.2, 0.25) is 0 Å². The van der Waals surface area contributed by atoms with Gasteiger partial charge >= 0.3 is 0 Å². The fourth-order valence-corrected chi connectivity index (χ4v) is 2.46. The molecular formula is C17H15FN2O3. The molecule has 0 spiro atoms. The molecule has 0 atom stereocenters. The lowest BCUT2D eigenvalue weighted by molar-refractivity contribution is -0.384. The van der Waals surface area contributed by atoms with Crippen molar-refractivity contribution in [3.05, 3.63) is 75.6 Å². The molecule has 0 N–H and O–H groups in total. The maximum Gasteiger partial charge on any atom is 0.270 e. The summed E-state index contributed by atoms with van der Waals surface area (Å²) in [6, 6.07) is 11.9. The van der Waals surface area contributed by atoms with Gasteiger partial charge in [-0.3, -0.25) is 14.9 Å². The zero-order valence-corrected chi connectivity index (χ0v) is 12.3. The van der Waals surface area contributed by atoms with Gasteiger partial charge in [-0.2, -0.15) is 0 Å². The van der Waals surface area contributed by atoms with E-state index in [1.54, 1.807) is 23.1 Å². The van der Waals surface area contributed by atoms with Gasteiger partial charge in [-0.1, -0.05) is 18.2 Å². The molecule has 5 nitrogen and oxygen atoms in total. The Morgan fingerprint density at radius 3 is 2.52 bits per heavy atom. The Bertz CT molecular complexity index is 742. The second-order valence-electron chi connectivity index (χ2n) is 5.60. The van der Waals surface area contributed by atoms with Crippen LogP contribution in [0.2, 0.25) is 0 Å². The van der Waals surface area contributed by atoms with Crippen molar-refractivity contribution in [1.29, 1.82) is 0 Å². The molecule has 1 fully saturated rings. The largest absolute Gasteiger partial charge is 0.331 e. The summed E-state index contributed by atoms with van der Waals surface area (Å²) < 4.78 is 13.0. The van der Waals surface area contributed by atoms with Crippen LogP contribution in [0.25, 0.3) is 0 Å². The third-order valence-electron chi connectivity index (χ3n) is 3.82. The number of nitrogens with zero attached hydrogens (tertiary/aromatic N) is 2. The highest BCUT2D eigenvalue weighted by Gasteiger charge is 2.33. The van der Waals surface area contributed by atoms with Crippen LogP contribution in [0.15, 0.2) is 48.5 Å². The van der Waals surface area contributed by atoms with Crippen LogP contribution in [0.4, 0.5) is 10.1 Å². The van der Waals surface area contributed by atoms with Gasteiger partial charge in [0.1, 0.15) is 5.82 Å². The Morgan fingerprint density at radius 1 is 1.22 bits per heavy atom. The van der Waals surface area contributed by atoms with E-state index in [4.69, 9.17) is 0 Å². The number of halogens is 1. The van der Waals surface area contributed by atoms with Crippen LogP contribution in [-0.2, 0) is 6.54 Å². The summed E-state index contributed by atoms with van der Waals surface area (Å²) in [5, 5.41) is 10.9. The molecule has 6 heteroatoms. The first-order valence-electron chi connectivity index (χ1n) is 7.34. The molecule has 1 saturated carbocycles. The Morgan fingerprint density at radius 2 is 1.91 bits per heavy atom. The lowest BCUT2D eigenvalue weighted by atomic mass is 10.1. The average molecular weight is 314 g/mol. The topological polar surface area (TPSA) is 63.4 Å². The van der Waals surface area contributed by atoms with E-state index in [1.165, 1.54) is 30.3 Å². The van der Waals surface area contributed by atoms with E-state index in [9.17, 15) is 19.3 Å². The van der Waals surface area contributed by atoms with Crippen LogP contribution < -0.4 is 0 Å². The van der Waals surface area contributed by atoms with Crippen LogP contribution in [0, 0.1) is 15.9 Å². The molecule has 0 aliphatic heterocycles. The third kappa shape index (κ3) is 3.53. The summed E-state index contributed by atoms with van der Waals surface area (Å²) in [7, 11) is 0. The minimum Gasteiger partial charge on any atom is -0.331 e. The van der Waals surface area contributed by atoms with Gasteiger partial charge in [-0.25, -0.2) is 4.39 Å². The van der Waals surface area contributed by atoms with Crippen molar-refractivity contribution in [2.24, 2.45) is 0 Å². The van der Waals surface area contributed by atoms with E-state index in [2.05, 4.69) is 0 Å². The molecule has 2 aromatic rings. The number of amides is 1. The van der Waals surface area contributed by atoms with E-state index >= 15 is 0 Å². The minimum atomic E-state index is -0.516. The van der Waals surface area contributed by atoms with Crippen LogP contribution in [0.5, 0.6) is 0 Å². The highest BCUT2D eigenvalue weighted by Crippen LogP contribution is 2.30. The molecule has 118 valence electrons. The summed E-state index contributed by atoms with van der Waals surface area (Å²) in [5.74, 6) is -0.558. The highest BCUT2D eigenvalue weighted by molar-refractivity contribution is 5.95. The molecule has 0 bridgehead atoms. The summed E-state index contributed by atoms with van der Waals surface area (Å²) >= 11 is 0. The quantitative estimate of drug-likeness (QED) is 0.626. The number of nitro benzene ring substituents is 1. The maximum absolute atomic E-state index is 13.0. The number of benzene rings is 2. The van der Waals surface area contributed by atoms with Crippen molar-refractivity contribution < 1.29 is 14.1 Å². The van der Waals surface area contributed by atoms with Gasteiger partial charge < -0.3 is 4.90 Å². The van der Waals surface area contributed by atoms with Crippen molar-refractivity contribution >= 4 is 11.6 Å². The van der Waals surface area contributed by atoms with Gasteiger partial charge in [-0.05, 0) is 36.6 Å². The number of carbonyl (C=O) groups excluding carboxylic acids is 1. The summed E-state index contributed by atoms with van der Waals surface area (Å²) in [6.45, 7) is 0.368. The predicted octanol–water partition coefficient (Wildman–Crippen LogP) is 3.54. The van der Waals surface area contributed by atoms with Crippen LogP contribution in [-0.4, -0.2) is 21.8 Å². The number of hydrogen-bond donors (Lipinski definition) is 0. The molecule has 2 aromatic carbocycles. The fourth-order valence-electron chi connectivity index (χ4n) is 2.46. The average Bonchev–Trinajstić information content (AvgIpc) is 3.38. The number of nitro groups is 1. The first-order valence-corrected chi connectivity index (χ1v) is 7.34. The zero-order valence-electron chi connectivity index (χ0n) is 12.3. The smallest absolute Gasteiger partial charge is 0.270 e. The zero-order chi connectivity index (χ0) is 16.4. The van der Waals surface area contributed by atoms with Crippen molar-refractivity contribution in [2.45, 2.75) is 25.4 Å². The van der Waals surface area contributed by atoms with E-state index < -0.39 is 4.92 Å². The molecule has 1 amide bonds. The van der Waals surface area contributed by atoms with E-state index in [1.807, 2.05) is 0 Å². The van der Waals surface area contributed by atoms with Gasteiger partial charge in [0.25, 0.3) is 11.6 Å². The lowest BCUT2D eigenvalue weighted by Gasteiger charge is -2.22. The van der Waals surface area contributed by atoms with Crippen LogP contribution in [0.1, 0.15) is 28.8 Å². The van der Waals surface area contributed by atoms with Gasteiger partial charge in [0, 0.05) is 30.3 Å². The highest BCUT2D eigenvalue weighted by atomic mass is 19.1. The fraction of sp³-hybridized carbons (Fsp3) is 0.235. The number of non-ortho nitro benzene ring substituents is 1. The molecule has 0 radical (unpaired) electrons. The predicted molar refractivity (Wildman–Crippen MR) is 82.4 cm³/mol. The molecule has 0 heterocycles. The van der Waals surface area contributed by atoms with Crippen molar-refractivity contribution in [1.82, 2.24) is 4.90 Å². The summed E-state index contributed by atoms with van der Waals surface area (Å²) in [5.41, 5.74) is 1.03. The van der Waals surface area contributed by atoms with Gasteiger partial charge in [0.15, 0.2) is 0 Å². The van der Waals surface area contributed by atoms with Crippen molar-refractivity contribution in [3.8, 4) is 0 Å². The molecule has 0 unspecified atom stereocenters. The normalized spacial score (nSPS) is 13.6. The molecule has 3 rings (SSSR count). The standard InChI is InChI=1S/C17H15FN2O3/c18-14-6-4-12(5-7-14)11-19(15-8-9-15)17(21)13-2-1-3-16(10-13)20(22)23/h1-7,10,15H,8-9,11H2. The number of hydrogen-bond acceptors (Lipinski definition) is 3. The Kier molecular flexibility index (Phi) is 4.06. The van der Waals surface area contributed by atoms with Gasteiger partial charge in [0.05, 0.1) is 4.92 Å². The van der Waals surface area contributed by atoms with Crippen LogP contribution >= 0.6 is 0 Å². The lowest BCUT2D eigenvalue weighted by Crippen LogP contribution is -2.32. The summed E-state index contributed by atoms with van der Waals surface area (Å²) in [6.07, 6.45) is 1.84. The van der Waals surface area contributed by atoms with Gasteiger partial charge in [-0.15, -0.1) is 0 Å². The monoisotopic (exact) mass is 314 g/mol. The molecule has 1 aliphatic rings. The van der Waals surface area contributed by atoms with E-state index in [-0.39, 0.29) is 23.5 Å². The van der Waals surface area contributed by atoms with E-state index in [0.29, 0.717) is 12.1 Å². The molecular weight excluding hydrogens is 299 g/mol. The second kappa shape index (κ2) is 6.16. The number of carbonyl (C=O) groups is 1. The molecule has 23 heavy (non-hydrogen) atoms. The minimum absolute atomic E-state index is 0.103. The Hall–Kier alpha value is -2.76. The maximum atomic E-state index is 13.0. The summed E-state index contributed by atoms with van der Waals surface area (Å²) in [4.78, 5) is 24.7. The van der Waals surface area contributed by atoms with Crippen LogP contribution in [0.3, 0.4) is 0 Å². The SMILES string of the molecule is O=C(c1cccc([N+](=O)[O-])c1)N(Cc1ccc(F)cc1)C1CC1. The first-order chi connectivity index (χ1) is 11.0. The Labute approximate surface area is 132 Å². The Balaban J connectivity index is 1.83. The number of rotatable bonds is 5. The second-order valence-corrected chi connectivity index (χ2v) is 5.60. The van der Waals surface area contributed by atoms with Crippen molar-refractivity contribution in [2.75, 3.05) is 0 Å².